The van der Waals surface area contributed by atoms with E-state index in [1.807, 2.05) is 42.5 Å². The summed E-state index contributed by atoms with van der Waals surface area (Å²) in [6.45, 7) is 1.33. The fraction of sp³-hybridized carbons (Fsp3) is 0.233. The molecule has 2 N–H and O–H groups in total. The van der Waals surface area contributed by atoms with Crippen LogP contribution >= 0.6 is 0 Å². The molecule has 1 aliphatic heterocycles. The van der Waals surface area contributed by atoms with Gasteiger partial charge in [0, 0.05) is 17.7 Å². The lowest BCUT2D eigenvalue weighted by Crippen LogP contribution is -2.59. The Morgan fingerprint density at radius 3 is 2.34 bits per heavy atom. The normalized spacial score (nSPS) is 17.7. The maximum absolute atomic E-state index is 14.2. The summed E-state index contributed by atoms with van der Waals surface area (Å²) in [6, 6.07) is 16.6. The lowest BCUT2D eigenvalue weighted by atomic mass is 9.85. The summed E-state index contributed by atoms with van der Waals surface area (Å²) in [7, 11) is 0. The van der Waals surface area contributed by atoms with Gasteiger partial charge in [-0.05, 0) is 48.2 Å². The van der Waals surface area contributed by atoms with Crippen molar-refractivity contribution < 1.29 is 23.2 Å². The first-order valence-corrected chi connectivity index (χ1v) is 12.2. The van der Waals surface area contributed by atoms with Crippen LogP contribution in [0.15, 0.2) is 72.8 Å². The molecule has 0 radical (unpaired) electrons. The molecule has 3 aromatic carbocycles. The lowest BCUT2D eigenvalue weighted by Gasteiger charge is -2.36. The van der Waals surface area contributed by atoms with Crippen LogP contribution in [0, 0.1) is 24.0 Å². The fourth-order valence-corrected chi connectivity index (χ4v) is 4.90. The number of nitrogens with two attached hydrogens (primary N) is 1. The predicted octanol–water partition coefficient (Wildman–Crippen LogP) is 3.58. The number of carbonyl (C=O) groups is 3. The van der Waals surface area contributed by atoms with Crippen molar-refractivity contribution >= 4 is 23.4 Å². The van der Waals surface area contributed by atoms with Gasteiger partial charge in [0.15, 0.2) is 0 Å². The summed E-state index contributed by atoms with van der Waals surface area (Å²) in [5, 5.41) is 0. The van der Waals surface area contributed by atoms with Crippen LogP contribution in [0.1, 0.15) is 29.5 Å². The summed E-state index contributed by atoms with van der Waals surface area (Å²) < 4.78 is 27.8. The molecule has 3 amide bonds. The highest BCUT2D eigenvalue weighted by atomic mass is 19.1. The molecule has 0 aliphatic carbocycles. The van der Waals surface area contributed by atoms with Crippen LogP contribution in [0.2, 0.25) is 0 Å². The van der Waals surface area contributed by atoms with Crippen LogP contribution in [0.25, 0.3) is 0 Å². The summed E-state index contributed by atoms with van der Waals surface area (Å²) >= 11 is 0. The first-order valence-electron chi connectivity index (χ1n) is 12.2. The number of halogens is 2. The van der Waals surface area contributed by atoms with Crippen LogP contribution in [0.5, 0.6) is 0 Å². The fourth-order valence-electron chi connectivity index (χ4n) is 4.90. The maximum Gasteiger partial charge on any atom is 0.251 e. The quantitative estimate of drug-likeness (QED) is 0.509. The van der Waals surface area contributed by atoms with Gasteiger partial charge in [-0.3, -0.25) is 24.2 Å². The molecule has 0 spiro atoms. The Morgan fingerprint density at radius 2 is 1.71 bits per heavy atom. The van der Waals surface area contributed by atoms with Crippen molar-refractivity contribution in [3.8, 4) is 12.3 Å². The third-order valence-electron chi connectivity index (χ3n) is 6.55. The van der Waals surface area contributed by atoms with Gasteiger partial charge >= 0.3 is 0 Å². The van der Waals surface area contributed by atoms with E-state index in [1.54, 1.807) is 12.1 Å². The average molecular weight is 516 g/mol. The zero-order valence-corrected chi connectivity index (χ0v) is 20.8. The van der Waals surface area contributed by atoms with Gasteiger partial charge in [0.25, 0.3) is 5.91 Å². The molecule has 1 heterocycles. The van der Waals surface area contributed by atoms with Crippen LogP contribution in [0.4, 0.5) is 14.5 Å². The summed E-state index contributed by atoms with van der Waals surface area (Å²) in [5.74, 6) is -1.99. The first kappa shape index (κ1) is 26.7. The second-order valence-corrected chi connectivity index (χ2v) is 9.27. The Hall–Kier alpha value is -4.35. The molecule has 0 bridgehead atoms. The highest BCUT2D eigenvalue weighted by Crippen LogP contribution is 2.37. The number of rotatable bonds is 6. The van der Waals surface area contributed by atoms with Gasteiger partial charge in [-0.1, -0.05) is 54.5 Å². The smallest absolute Gasteiger partial charge is 0.251 e. The van der Waals surface area contributed by atoms with Crippen LogP contribution < -0.4 is 10.6 Å². The number of benzene rings is 3. The number of fused-ring (bicyclic) bond motifs is 1. The van der Waals surface area contributed by atoms with Gasteiger partial charge in [-0.2, -0.15) is 0 Å². The molecule has 38 heavy (non-hydrogen) atoms. The second kappa shape index (κ2) is 11.4. The van der Waals surface area contributed by atoms with E-state index in [9.17, 15) is 23.2 Å². The van der Waals surface area contributed by atoms with E-state index in [-0.39, 0.29) is 12.1 Å². The third-order valence-corrected chi connectivity index (χ3v) is 6.55. The minimum Gasteiger partial charge on any atom is -0.320 e. The van der Waals surface area contributed by atoms with Crippen molar-refractivity contribution in [3.05, 3.63) is 101 Å². The molecule has 0 saturated carbocycles. The summed E-state index contributed by atoms with van der Waals surface area (Å²) in [5.41, 5.74) is 8.11. The number of anilines is 1. The van der Waals surface area contributed by atoms with E-state index < -0.39 is 53.8 Å². The maximum atomic E-state index is 14.2. The molecule has 6 nitrogen and oxygen atoms in total. The first-order chi connectivity index (χ1) is 18.2. The molecular weight excluding hydrogens is 488 g/mol. The Balaban J connectivity index is 1.88. The monoisotopic (exact) mass is 515 g/mol. The molecule has 4 rings (SSSR count). The zero-order valence-electron chi connectivity index (χ0n) is 20.8. The van der Waals surface area contributed by atoms with Crippen molar-refractivity contribution in [2.75, 3.05) is 11.4 Å². The largest absolute Gasteiger partial charge is 0.320 e. The minimum atomic E-state index is -1.30. The van der Waals surface area contributed by atoms with Crippen molar-refractivity contribution in [2.24, 2.45) is 5.73 Å². The van der Waals surface area contributed by atoms with Crippen LogP contribution in [-0.2, 0) is 27.2 Å². The molecule has 8 heteroatoms. The van der Waals surface area contributed by atoms with E-state index in [0.717, 1.165) is 28.2 Å². The van der Waals surface area contributed by atoms with Gasteiger partial charge in [0.1, 0.15) is 17.7 Å². The molecule has 0 saturated heterocycles. The molecule has 194 valence electrons. The number of hydrogen-bond acceptors (Lipinski definition) is 4. The summed E-state index contributed by atoms with van der Waals surface area (Å²) in [6.07, 6.45) is 5.42. The Morgan fingerprint density at radius 1 is 1.08 bits per heavy atom. The van der Waals surface area contributed by atoms with Gasteiger partial charge in [-0.25, -0.2) is 8.78 Å². The standard InChI is InChI=1S/C30H27F2N3O3/c1-3-13-34-26-12-8-7-11-22(26)17-25(21-9-5-4-6-10-21)28(30(34)38)35(29(37)19(2)33)27(36)16-20-14-23(31)18-24(32)15-20/h1,4-12,14-15,18-19,25,28H,13,16-17,33H2,2H3/t19-,25?,28?/m0/s1. The third kappa shape index (κ3) is 5.48. The molecule has 1 aliphatic rings. The number of para-hydroxylation sites is 1. The molecule has 2 unspecified atom stereocenters. The number of amides is 3. The van der Waals surface area contributed by atoms with E-state index in [4.69, 9.17) is 12.2 Å². The molecule has 3 atom stereocenters. The predicted molar refractivity (Wildman–Crippen MR) is 140 cm³/mol. The van der Waals surface area contributed by atoms with Crippen molar-refractivity contribution in [3.63, 3.8) is 0 Å². The van der Waals surface area contributed by atoms with Gasteiger partial charge < -0.3 is 5.73 Å². The highest BCUT2D eigenvalue weighted by Gasteiger charge is 2.45. The Labute approximate surface area is 220 Å². The number of carbonyl (C=O) groups excluding carboxylic acids is 3. The average Bonchev–Trinajstić information content (AvgIpc) is 2.99. The molecule has 0 fully saturated rings. The number of terminal acetylenes is 1. The minimum absolute atomic E-state index is 0.0241. The van der Waals surface area contributed by atoms with E-state index in [2.05, 4.69) is 5.92 Å². The van der Waals surface area contributed by atoms with Crippen LogP contribution in [0.3, 0.4) is 0 Å². The SMILES string of the molecule is C#CCN1C(=O)C(N(C(=O)Cc2cc(F)cc(F)c2)C(=O)[C@H](C)N)C(c2ccccc2)Cc2ccccc21. The van der Waals surface area contributed by atoms with E-state index >= 15 is 0 Å². The second-order valence-electron chi connectivity index (χ2n) is 9.27. The Kier molecular flexibility index (Phi) is 7.99. The van der Waals surface area contributed by atoms with Gasteiger partial charge in [0.2, 0.25) is 11.8 Å². The van der Waals surface area contributed by atoms with Gasteiger partial charge in [-0.15, -0.1) is 6.42 Å². The molecule has 0 aromatic heterocycles. The van der Waals surface area contributed by atoms with Crippen molar-refractivity contribution in [2.45, 2.75) is 37.8 Å². The zero-order chi connectivity index (χ0) is 27.4. The molecular formula is C30H27F2N3O3. The highest BCUT2D eigenvalue weighted by molar-refractivity contribution is 6.07. The van der Waals surface area contributed by atoms with E-state index in [0.29, 0.717) is 18.2 Å². The summed E-state index contributed by atoms with van der Waals surface area (Å²) in [4.78, 5) is 43.7. The number of hydrogen-bond donors (Lipinski definition) is 1. The number of imide groups is 1. The van der Waals surface area contributed by atoms with Crippen LogP contribution in [-0.4, -0.2) is 41.2 Å². The van der Waals surface area contributed by atoms with E-state index in [1.165, 1.54) is 11.8 Å². The lowest BCUT2D eigenvalue weighted by molar-refractivity contribution is -0.152. The number of nitrogens with zero attached hydrogens (tertiary/aromatic N) is 2. The van der Waals surface area contributed by atoms with Crippen molar-refractivity contribution in [1.82, 2.24) is 4.90 Å². The molecule has 3 aromatic rings. The topological polar surface area (TPSA) is 83.7 Å². The van der Waals surface area contributed by atoms with Crippen molar-refractivity contribution in [1.29, 1.82) is 0 Å². The van der Waals surface area contributed by atoms with Gasteiger partial charge in [0.05, 0.1) is 19.0 Å². The Bertz CT molecular complexity index is 1380.